The van der Waals surface area contributed by atoms with Gasteiger partial charge in [0.25, 0.3) is 0 Å². The van der Waals surface area contributed by atoms with Gasteiger partial charge in [-0.05, 0) is 25.0 Å². The van der Waals surface area contributed by atoms with Crippen LogP contribution in [0.1, 0.15) is 33.6 Å². The fourth-order valence-electron chi connectivity index (χ4n) is 2.94. The maximum Gasteiger partial charge on any atom is 0.158 e. The summed E-state index contributed by atoms with van der Waals surface area (Å²) in [7, 11) is 0. The predicted molar refractivity (Wildman–Crippen MR) is 81.6 cm³/mol. The number of aliphatic hydroxyl groups is 2. The maximum absolute atomic E-state index is 10.5. The van der Waals surface area contributed by atoms with E-state index in [0.717, 1.165) is 24.2 Å². The number of benzene rings is 1. The van der Waals surface area contributed by atoms with Crippen LogP contribution in [0.4, 0.5) is 5.69 Å². The van der Waals surface area contributed by atoms with Gasteiger partial charge in [-0.2, -0.15) is 5.10 Å². The van der Waals surface area contributed by atoms with Gasteiger partial charge in [0, 0.05) is 44.3 Å². The molecule has 1 aromatic carbocycles. The van der Waals surface area contributed by atoms with Crippen molar-refractivity contribution in [2.75, 3.05) is 5.01 Å². The molecule has 3 unspecified atom stereocenters. The Morgan fingerprint density at radius 3 is 2.29 bits per heavy atom. The van der Waals surface area contributed by atoms with Crippen LogP contribution in [-0.2, 0) is 0 Å². The van der Waals surface area contributed by atoms with Crippen LogP contribution < -0.4 is 5.01 Å². The maximum atomic E-state index is 10.5. The van der Waals surface area contributed by atoms with Crippen LogP contribution in [0.5, 0.6) is 0 Å². The summed E-state index contributed by atoms with van der Waals surface area (Å²) in [5, 5.41) is 27.1. The molecule has 0 amide bonds. The standard InChI is InChI=1S/C16H24N2O2.Tb/c1-4-12(5-2)15(19)14-11(3)17-18(16(14)20)13-9-7-6-8-10-13;/h6-10,12,14-16,19-20H,4-5H2,1-3H3;. The van der Waals surface area contributed by atoms with Crippen molar-refractivity contribution in [1.82, 2.24) is 0 Å². The van der Waals surface area contributed by atoms with Crippen LogP contribution in [0, 0.1) is 50.4 Å². The first-order valence-electron chi connectivity index (χ1n) is 7.35. The van der Waals surface area contributed by atoms with Crippen molar-refractivity contribution < 1.29 is 48.8 Å². The largest absolute Gasteiger partial charge is 0.392 e. The van der Waals surface area contributed by atoms with Crippen LogP contribution in [-0.4, -0.2) is 28.3 Å². The Morgan fingerprint density at radius 2 is 1.76 bits per heavy atom. The smallest absolute Gasteiger partial charge is 0.158 e. The molecule has 0 saturated carbocycles. The van der Waals surface area contributed by atoms with Crippen molar-refractivity contribution in [3.05, 3.63) is 30.3 Å². The van der Waals surface area contributed by atoms with Crippen molar-refractivity contribution in [3.8, 4) is 0 Å². The molecule has 21 heavy (non-hydrogen) atoms. The first kappa shape index (κ1) is 18.9. The molecule has 0 spiro atoms. The normalized spacial score (nSPS) is 23.0. The second kappa shape index (κ2) is 8.51. The average molecular weight is 435 g/mol. The molecule has 0 aliphatic carbocycles. The number of aliphatic hydroxyl groups excluding tert-OH is 2. The summed E-state index contributed by atoms with van der Waals surface area (Å²) in [6, 6.07) is 9.58. The van der Waals surface area contributed by atoms with Crippen molar-refractivity contribution in [2.45, 2.75) is 45.9 Å². The van der Waals surface area contributed by atoms with E-state index in [4.69, 9.17) is 0 Å². The number of nitrogens with zero attached hydrogens (tertiary/aromatic N) is 2. The third kappa shape index (κ3) is 4.00. The van der Waals surface area contributed by atoms with E-state index in [0.29, 0.717) is 0 Å². The molecule has 2 rings (SSSR count). The molecule has 5 heteroatoms. The van der Waals surface area contributed by atoms with Crippen molar-refractivity contribution in [3.63, 3.8) is 0 Å². The molecule has 0 aromatic heterocycles. The molecule has 1 aliphatic heterocycles. The van der Waals surface area contributed by atoms with Gasteiger partial charge >= 0.3 is 0 Å². The van der Waals surface area contributed by atoms with Gasteiger partial charge in [-0.15, -0.1) is 0 Å². The van der Waals surface area contributed by atoms with Gasteiger partial charge in [0.2, 0.25) is 0 Å². The number of rotatable bonds is 5. The zero-order valence-corrected chi connectivity index (χ0v) is 14.9. The molecule has 3 atom stereocenters. The molecule has 1 aliphatic rings. The van der Waals surface area contributed by atoms with Gasteiger partial charge in [0.1, 0.15) is 0 Å². The molecule has 0 saturated heterocycles. The minimum atomic E-state index is -0.798. The van der Waals surface area contributed by atoms with Gasteiger partial charge in [0.15, 0.2) is 6.23 Å². The number of hydrazone groups is 1. The third-order valence-corrected chi connectivity index (χ3v) is 4.24. The fourth-order valence-corrected chi connectivity index (χ4v) is 2.94. The van der Waals surface area contributed by atoms with E-state index in [1.807, 2.05) is 37.3 Å². The van der Waals surface area contributed by atoms with E-state index in [-0.39, 0.29) is 50.4 Å². The van der Waals surface area contributed by atoms with Crippen molar-refractivity contribution >= 4 is 11.4 Å². The van der Waals surface area contributed by atoms with Crippen LogP contribution in [0.2, 0.25) is 0 Å². The summed E-state index contributed by atoms with van der Waals surface area (Å²) in [4.78, 5) is 0. The van der Waals surface area contributed by atoms with E-state index in [2.05, 4.69) is 18.9 Å². The predicted octanol–water partition coefficient (Wildman–Crippen LogP) is 2.61. The quantitative estimate of drug-likeness (QED) is 0.748. The second-order valence-corrected chi connectivity index (χ2v) is 5.43. The van der Waals surface area contributed by atoms with E-state index in [1.165, 1.54) is 0 Å². The number of anilines is 1. The SMILES string of the molecule is CCC(CC)C(O)C1C(C)=NN(c2ccccc2)C1O.[Tb]. The van der Waals surface area contributed by atoms with Gasteiger partial charge in [-0.3, -0.25) is 0 Å². The first-order chi connectivity index (χ1) is 9.60. The van der Waals surface area contributed by atoms with Crippen molar-refractivity contribution in [1.29, 1.82) is 0 Å². The Hall–Kier alpha value is -0.104. The van der Waals surface area contributed by atoms with Gasteiger partial charge in [0.05, 0.1) is 17.7 Å². The van der Waals surface area contributed by atoms with Gasteiger partial charge in [-0.1, -0.05) is 44.9 Å². The third-order valence-electron chi connectivity index (χ3n) is 4.24. The molecule has 4 nitrogen and oxygen atoms in total. The average Bonchev–Trinajstić information content (AvgIpc) is 2.76. The summed E-state index contributed by atoms with van der Waals surface area (Å²) < 4.78 is 0. The Labute approximate surface area is 157 Å². The van der Waals surface area contributed by atoms with Gasteiger partial charge < -0.3 is 10.2 Å². The van der Waals surface area contributed by atoms with Crippen LogP contribution in [0.25, 0.3) is 0 Å². The molecule has 1 radical (unpaired) electrons. The molecule has 119 valence electrons. The van der Waals surface area contributed by atoms with Crippen molar-refractivity contribution in [2.24, 2.45) is 16.9 Å². The Morgan fingerprint density at radius 1 is 1.19 bits per heavy atom. The molecule has 1 heterocycles. The molecule has 1 aromatic rings. The Balaban J connectivity index is 0.00000220. The number of para-hydroxylation sites is 1. The zero-order valence-electron chi connectivity index (χ0n) is 12.7. The topological polar surface area (TPSA) is 56.1 Å². The minimum absolute atomic E-state index is 0. The van der Waals surface area contributed by atoms with Gasteiger partial charge in [-0.25, -0.2) is 5.01 Å². The fraction of sp³-hybridized carbons (Fsp3) is 0.562. The minimum Gasteiger partial charge on any atom is -0.392 e. The summed E-state index contributed by atoms with van der Waals surface area (Å²) in [5.74, 6) is -0.129. The van der Waals surface area contributed by atoms with E-state index >= 15 is 0 Å². The first-order valence-corrected chi connectivity index (χ1v) is 7.35. The van der Waals surface area contributed by atoms with E-state index in [1.54, 1.807) is 5.01 Å². The molecular weight excluding hydrogens is 411 g/mol. The molecular formula is C16H24N2O2Tb. The summed E-state index contributed by atoms with van der Waals surface area (Å²) in [6.07, 6.45) is 0.449. The summed E-state index contributed by atoms with van der Waals surface area (Å²) >= 11 is 0. The monoisotopic (exact) mass is 435 g/mol. The molecule has 0 bridgehead atoms. The van der Waals surface area contributed by atoms with E-state index < -0.39 is 12.3 Å². The number of hydrogen-bond acceptors (Lipinski definition) is 4. The van der Waals surface area contributed by atoms with E-state index in [9.17, 15) is 10.2 Å². The zero-order chi connectivity index (χ0) is 14.7. The molecule has 2 N–H and O–H groups in total. The summed E-state index contributed by atoms with van der Waals surface area (Å²) in [6.45, 7) is 6.02. The summed E-state index contributed by atoms with van der Waals surface area (Å²) in [5.41, 5.74) is 1.64. The Kier molecular flexibility index (Phi) is 7.67. The molecule has 0 fully saturated rings. The van der Waals surface area contributed by atoms with Crippen LogP contribution in [0.15, 0.2) is 35.4 Å². The second-order valence-electron chi connectivity index (χ2n) is 5.43. The number of hydrogen-bond donors (Lipinski definition) is 2. The van der Waals surface area contributed by atoms with Crippen LogP contribution in [0.3, 0.4) is 0 Å². The Bertz CT molecular complexity index is 463. The van der Waals surface area contributed by atoms with Crippen LogP contribution >= 0.6 is 0 Å².